The van der Waals surface area contributed by atoms with Crippen molar-refractivity contribution in [1.82, 2.24) is 4.90 Å². The van der Waals surface area contributed by atoms with Gasteiger partial charge < -0.3 is 15.4 Å². The fraction of sp³-hybridized carbons (Fsp3) is 0.933. The van der Waals surface area contributed by atoms with E-state index in [0.717, 1.165) is 25.9 Å². The Bertz CT molecular complexity index is 273. The van der Waals surface area contributed by atoms with Gasteiger partial charge in [-0.15, -0.1) is 0 Å². The van der Waals surface area contributed by atoms with Crippen LogP contribution >= 0.6 is 0 Å². The summed E-state index contributed by atoms with van der Waals surface area (Å²) in [7, 11) is 0. The molecule has 0 radical (unpaired) electrons. The molecule has 19 heavy (non-hydrogen) atoms. The van der Waals surface area contributed by atoms with Gasteiger partial charge in [-0.2, -0.15) is 0 Å². The maximum Gasteiger partial charge on any atom is 0.222 e. The quantitative estimate of drug-likeness (QED) is 0.771. The fourth-order valence-electron chi connectivity index (χ4n) is 2.79. The predicted octanol–water partition coefficient (Wildman–Crippen LogP) is 2.17. The fourth-order valence-corrected chi connectivity index (χ4v) is 2.79. The van der Waals surface area contributed by atoms with Gasteiger partial charge in [0.2, 0.25) is 5.91 Å². The van der Waals surface area contributed by atoms with E-state index < -0.39 is 0 Å². The molecule has 1 fully saturated rings. The summed E-state index contributed by atoms with van der Waals surface area (Å²) >= 11 is 0. The molecule has 0 saturated carbocycles. The lowest BCUT2D eigenvalue weighted by molar-refractivity contribution is -0.146. The van der Waals surface area contributed by atoms with Crippen LogP contribution in [0.25, 0.3) is 0 Å². The van der Waals surface area contributed by atoms with Crippen LogP contribution in [0.4, 0.5) is 0 Å². The third kappa shape index (κ3) is 5.91. The summed E-state index contributed by atoms with van der Waals surface area (Å²) in [6.07, 6.45) is 5.01. The van der Waals surface area contributed by atoms with E-state index in [0.29, 0.717) is 25.5 Å². The van der Waals surface area contributed by atoms with E-state index in [9.17, 15) is 4.79 Å². The Morgan fingerprint density at radius 2 is 2.11 bits per heavy atom. The topological polar surface area (TPSA) is 55.6 Å². The van der Waals surface area contributed by atoms with Gasteiger partial charge in [0.1, 0.15) is 0 Å². The Labute approximate surface area is 117 Å². The molecule has 0 aromatic rings. The molecule has 1 aliphatic rings. The molecular formula is C15H30N2O2. The largest absolute Gasteiger partial charge is 0.372 e. The van der Waals surface area contributed by atoms with Crippen molar-refractivity contribution < 1.29 is 9.53 Å². The monoisotopic (exact) mass is 270 g/mol. The van der Waals surface area contributed by atoms with Crippen LogP contribution in [0.1, 0.15) is 52.9 Å². The predicted molar refractivity (Wildman–Crippen MR) is 77.9 cm³/mol. The molecule has 0 aromatic carbocycles. The molecule has 4 nitrogen and oxygen atoms in total. The summed E-state index contributed by atoms with van der Waals surface area (Å²) < 4.78 is 5.64. The molecule has 2 N–H and O–H groups in total. The van der Waals surface area contributed by atoms with Crippen molar-refractivity contribution in [3.05, 3.63) is 0 Å². The van der Waals surface area contributed by atoms with Crippen molar-refractivity contribution >= 4 is 5.91 Å². The third-order valence-corrected chi connectivity index (χ3v) is 3.82. The van der Waals surface area contributed by atoms with Crippen LogP contribution in [0, 0.1) is 5.92 Å². The number of nitrogens with zero attached hydrogens (tertiary/aromatic N) is 1. The van der Waals surface area contributed by atoms with E-state index in [1.54, 1.807) is 0 Å². The van der Waals surface area contributed by atoms with Gasteiger partial charge in [-0.3, -0.25) is 4.79 Å². The summed E-state index contributed by atoms with van der Waals surface area (Å²) in [6, 6.07) is 0. The third-order valence-electron chi connectivity index (χ3n) is 3.82. The van der Waals surface area contributed by atoms with Crippen molar-refractivity contribution in [1.29, 1.82) is 0 Å². The number of hydrogen-bond donors (Lipinski definition) is 1. The van der Waals surface area contributed by atoms with E-state index in [2.05, 4.69) is 6.92 Å². The van der Waals surface area contributed by atoms with Crippen LogP contribution in [0.15, 0.2) is 0 Å². The maximum atomic E-state index is 12.2. The second-order valence-corrected chi connectivity index (χ2v) is 6.19. The highest BCUT2D eigenvalue weighted by atomic mass is 16.5. The van der Waals surface area contributed by atoms with Crippen molar-refractivity contribution in [2.24, 2.45) is 11.7 Å². The smallest absolute Gasteiger partial charge is 0.222 e. The highest BCUT2D eigenvalue weighted by Crippen LogP contribution is 2.20. The molecule has 1 unspecified atom stereocenters. The molecule has 0 bridgehead atoms. The number of carbonyl (C=O) groups is 1. The van der Waals surface area contributed by atoms with Crippen LogP contribution in [0.5, 0.6) is 0 Å². The first-order valence-corrected chi connectivity index (χ1v) is 7.60. The van der Waals surface area contributed by atoms with Crippen LogP contribution in [-0.4, -0.2) is 42.6 Å². The van der Waals surface area contributed by atoms with Gasteiger partial charge in [0.05, 0.1) is 12.2 Å². The Morgan fingerprint density at radius 3 is 2.68 bits per heavy atom. The molecule has 1 saturated heterocycles. The molecule has 1 atom stereocenters. The van der Waals surface area contributed by atoms with E-state index >= 15 is 0 Å². The lowest BCUT2D eigenvalue weighted by Gasteiger charge is -2.38. The molecule has 0 spiro atoms. The van der Waals surface area contributed by atoms with Gasteiger partial charge in [0.25, 0.3) is 0 Å². The summed E-state index contributed by atoms with van der Waals surface area (Å²) in [6.45, 7) is 9.10. The zero-order chi connectivity index (χ0) is 14.3. The first kappa shape index (κ1) is 16.4. The first-order valence-electron chi connectivity index (χ1n) is 7.60. The molecule has 1 heterocycles. The summed E-state index contributed by atoms with van der Waals surface area (Å²) in [5, 5.41) is 0. The molecule has 1 amide bonds. The molecule has 112 valence electrons. The van der Waals surface area contributed by atoms with Crippen LogP contribution in [0.3, 0.4) is 0 Å². The highest BCUT2D eigenvalue weighted by Gasteiger charge is 2.29. The Morgan fingerprint density at radius 1 is 1.37 bits per heavy atom. The number of nitrogens with two attached hydrogens (primary N) is 1. The molecule has 4 heteroatoms. The number of hydrogen-bond acceptors (Lipinski definition) is 3. The van der Waals surface area contributed by atoms with Gasteiger partial charge in [0.15, 0.2) is 0 Å². The van der Waals surface area contributed by atoms with Gasteiger partial charge in [-0.25, -0.2) is 0 Å². The zero-order valence-corrected chi connectivity index (χ0v) is 12.8. The number of rotatable bonds is 7. The van der Waals surface area contributed by atoms with Crippen molar-refractivity contribution in [2.75, 3.05) is 26.2 Å². The van der Waals surface area contributed by atoms with E-state index in [1.807, 2.05) is 18.7 Å². The van der Waals surface area contributed by atoms with Crippen molar-refractivity contribution in [3.63, 3.8) is 0 Å². The lowest BCUT2D eigenvalue weighted by Crippen LogP contribution is -2.50. The van der Waals surface area contributed by atoms with Gasteiger partial charge >= 0.3 is 0 Å². The normalized spacial score (nSPS) is 20.3. The number of amides is 1. The standard InChI is InChI=1S/C15H30N2O2/c1-4-5-13(8-9-16)6-7-14(18)17-10-11-19-15(2,3)12-17/h13H,4-12,16H2,1-3H3. The summed E-state index contributed by atoms with van der Waals surface area (Å²) in [5.41, 5.74) is 5.43. The van der Waals surface area contributed by atoms with E-state index in [-0.39, 0.29) is 11.5 Å². The number of ether oxygens (including phenoxy) is 1. The highest BCUT2D eigenvalue weighted by molar-refractivity contribution is 5.76. The molecule has 1 rings (SSSR count). The lowest BCUT2D eigenvalue weighted by atomic mass is 9.94. The average molecular weight is 270 g/mol. The Balaban J connectivity index is 2.37. The molecular weight excluding hydrogens is 240 g/mol. The van der Waals surface area contributed by atoms with Crippen LogP contribution in [-0.2, 0) is 9.53 Å². The second kappa shape index (κ2) is 7.85. The Kier molecular flexibility index (Phi) is 6.80. The molecule has 1 aliphatic heterocycles. The molecule has 0 aliphatic carbocycles. The summed E-state index contributed by atoms with van der Waals surface area (Å²) in [5.74, 6) is 0.877. The van der Waals surface area contributed by atoms with Gasteiger partial charge in [0, 0.05) is 19.5 Å². The molecule has 0 aromatic heterocycles. The summed E-state index contributed by atoms with van der Waals surface area (Å²) in [4.78, 5) is 14.2. The minimum Gasteiger partial charge on any atom is -0.372 e. The zero-order valence-electron chi connectivity index (χ0n) is 12.8. The maximum absolute atomic E-state index is 12.2. The van der Waals surface area contributed by atoms with Gasteiger partial charge in [-0.05, 0) is 39.2 Å². The van der Waals surface area contributed by atoms with E-state index in [1.165, 1.54) is 12.8 Å². The SMILES string of the molecule is CCCC(CCN)CCC(=O)N1CCOC(C)(C)C1. The van der Waals surface area contributed by atoms with E-state index in [4.69, 9.17) is 10.5 Å². The first-order chi connectivity index (χ1) is 8.98. The minimum atomic E-state index is -0.200. The minimum absolute atomic E-state index is 0.200. The van der Waals surface area contributed by atoms with Crippen LogP contribution < -0.4 is 5.73 Å². The average Bonchev–Trinajstić information content (AvgIpc) is 2.35. The van der Waals surface area contributed by atoms with Crippen LogP contribution in [0.2, 0.25) is 0 Å². The Hall–Kier alpha value is -0.610. The number of carbonyl (C=O) groups excluding carboxylic acids is 1. The van der Waals surface area contributed by atoms with Crippen molar-refractivity contribution in [2.45, 2.75) is 58.5 Å². The number of morpholine rings is 1. The van der Waals surface area contributed by atoms with Gasteiger partial charge in [-0.1, -0.05) is 19.8 Å². The second-order valence-electron chi connectivity index (χ2n) is 6.19. The van der Waals surface area contributed by atoms with Crippen molar-refractivity contribution in [3.8, 4) is 0 Å².